The van der Waals surface area contributed by atoms with Crippen LogP contribution in [-0.4, -0.2) is 31.8 Å². The van der Waals surface area contributed by atoms with E-state index >= 15 is 0 Å². The van der Waals surface area contributed by atoms with Gasteiger partial charge in [-0.2, -0.15) is 0 Å². The molecular formula is C18H23BrN4O. The third-order valence-electron chi connectivity index (χ3n) is 4.68. The minimum Gasteiger partial charge on any atom is -0.330 e. The van der Waals surface area contributed by atoms with Crippen molar-refractivity contribution in [1.82, 2.24) is 19.9 Å². The van der Waals surface area contributed by atoms with Gasteiger partial charge in [-0.15, -0.1) is 5.10 Å². The van der Waals surface area contributed by atoms with Crippen LogP contribution in [0, 0.1) is 0 Å². The summed E-state index contributed by atoms with van der Waals surface area (Å²) in [4.78, 5) is 15.1. The Balaban J connectivity index is 1.93. The Hall–Kier alpha value is -1.69. The summed E-state index contributed by atoms with van der Waals surface area (Å²) < 4.78 is 2.91. The van der Waals surface area contributed by atoms with Crippen LogP contribution in [0.25, 0.3) is 0 Å². The molecule has 1 atom stereocenters. The Morgan fingerprint density at radius 3 is 2.88 bits per heavy atom. The third kappa shape index (κ3) is 2.99. The number of rotatable bonds is 4. The summed E-state index contributed by atoms with van der Waals surface area (Å²) in [7, 11) is 0. The fraction of sp³-hybridized carbons (Fsp3) is 0.500. The molecule has 0 bridgehead atoms. The van der Waals surface area contributed by atoms with Crippen LogP contribution in [0.2, 0.25) is 0 Å². The Morgan fingerprint density at radius 2 is 2.17 bits per heavy atom. The molecule has 1 aliphatic heterocycles. The molecule has 1 aliphatic rings. The molecule has 1 aromatic heterocycles. The minimum atomic E-state index is -0.00736. The molecule has 1 unspecified atom stereocenters. The van der Waals surface area contributed by atoms with Crippen molar-refractivity contribution in [3.05, 3.63) is 45.2 Å². The van der Waals surface area contributed by atoms with Crippen LogP contribution in [0.15, 0.2) is 22.7 Å². The first-order valence-corrected chi connectivity index (χ1v) is 9.35. The van der Waals surface area contributed by atoms with Crippen molar-refractivity contribution in [1.29, 1.82) is 0 Å². The van der Waals surface area contributed by atoms with Gasteiger partial charge in [-0.1, -0.05) is 46.6 Å². The van der Waals surface area contributed by atoms with E-state index in [1.54, 1.807) is 0 Å². The van der Waals surface area contributed by atoms with Crippen LogP contribution >= 0.6 is 15.9 Å². The zero-order valence-electron chi connectivity index (χ0n) is 14.4. The fourth-order valence-corrected chi connectivity index (χ4v) is 3.90. The van der Waals surface area contributed by atoms with E-state index in [1.165, 1.54) is 11.1 Å². The van der Waals surface area contributed by atoms with Gasteiger partial charge in [0.25, 0.3) is 5.91 Å². The zero-order chi connectivity index (χ0) is 17.3. The van der Waals surface area contributed by atoms with E-state index in [9.17, 15) is 4.79 Å². The number of carbonyl (C=O) groups excluding carboxylic acids is 1. The lowest BCUT2D eigenvalue weighted by atomic mass is 9.94. The van der Waals surface area contributed by atoms with Crippen molar-refractivity contribution in [3.63, 3.8) is 0 Å². The molecule has 1 aromatic carbocycles. The van der Waals surface area contributed by atoms with Gasteiger partial charge in [0.1, 0.15) is 0 Å². The van der Waals surface area contributed by atoms with Crippen LogP contribution in [0.4, 0.5) is 0 Å². The van der Waals surface area contributed by atoms with Gasteiger partial charge in [-0.25, -0.2) is 4.68 Å². The normalized spacial score (nSPS) is 17.0. The number of halogens is 1. The molecule has 0 N–H and O–H groups in total. The Bertz CT molecular complexity index is 755. The van der Waals surface area contributed by atoms with E-state index in [2.05, 4.69) is 52.2 Å². The number of hydrogen-bond acceptors (Lipinski definition) is 3. The average Bonchev–Trinajstić information content (AvgIpc) is 2.97. The van der Waals surface area contributed by atoms with Gasteiger partial charge < -0.3 is 4.90 Å². The molecule has 24 heavy (non-hydrogen) atoms. The van der Waals surface area contributed by atoms with Crippen LogP contribution in [0.1, 0.15) is 54.5 Å². The van der Waals surface area contributed by atoms with Crippen molar-refractivity contribution < 1.29 is 4.79 Å². The summed E-state index contributed by atoms with van der Waals surface area (Å²) in [6, 6.07) is 6.39. The summed E-state index contributed by atoms with van der Waals surface area (Å²) in [6.45, 7) is 7.59. The molecule has 2 aromatic rings. The number of benzene rings is 1. The van der Waals surface area contributed by atoms with E-state index in [0.717, 1.165) is 36.0 Å². The number of carbonyl (C=O) groups is 1. The maximum atomic E-state index is 13.2. The number of aryl methyl sites for hydroxylation is 1. The summed E-state index contributed by atoms with van der Waals surface area (Å²) in [6.07, 6.45) is 2.66. The minimum absolute atomic E-state index is 0.00736. The SMILES string of the molecule is CCCc1c(C(=O)N2Cc3c(Br)cccc3CC2C)nnn1CC. The largest absolute Gasteiger partial charge is 0.330 e. The van der Waals surface area contributed by atoms with E-state index in [-0.39, 0.29) is 11.9 Å². The smallest absolute Gasteiger partial charge is 0.276 e. The maximum absolute atomic E-state index is 13.2. The van der Waals surface area contributed by atoms with E-state index < -0.39 is 0 Å². The molecule has 2 heterocycles. The summed E-state index contributed by atoms with van der Waals surface area (Å²) in [5.74, 6) is -0.00736. The summed E-state index contributed by atoms with van der Waals surface area (Å²) >= 11 is 3.62. The van der Waals surface area contributed by atoms with Crippen molar-refractivity contribution >= 4 is 21.8 Å². The predicted molar refractivity (Wildman–Crippen MR) is 96.9 cm³/mol. The van der Waals surface area contributed by atoms with E-state index in [1.807, 2.05) is 22.6 Å². The lowest BCUT2D eigenvalue weighted by Crippen LogP contribution is -2.43. The van der Waals surface area contributed by atoms with Gasteiger partial charge in [-0.05, 0) is 43.9 Å². The number of aromatic nitrogens is 3. The van der Waals surface area contributed by atoms with Gasteiger partial charge in [0, 0.05) is 23.6 Å². The highest BCUT2D eigenvalue weighted by Gasteiger charge is 2.31. The molecule has 0 radical (unpaired) electrons. The molecule has 5 nitrogen and oxygen atoms in total. The lowest BCUT2D eigenvalue weighted by molar-refractivity contribution is 0.0650. The molecule has 0 aliphatic carbocycles. The first-order valence-electron chi connectivity index (χ1n) is 8.56. The first-order chi connectivity index (χ1) is 11.6. The van der Waals surface area contributed by atoms with Crippen LogP contribution in [-0.2, 0) is 25.9 Å². The second kappa shape index (κ2) is 7.05. The Kier molecular flexibility index (Phi) is 5.04. The summed E-state index contributed by atoms with van der Waals surface area (Å²) in [5, 5.41) is 8.37. The highest BCUT2D eigenvalue weighted by molar-refractivity contribution is 9.10. The number of hydrogen-bond donors (Lipinski definition) is 0. The number of nitrogens with zero attached hydrogens (tertiary/aromatic N) is 4. The van der Waals surface area contributed by atoms with Crippen molar-refractivity contribution in [2.45, 2.75) is 59.2 Å². The quantitative estimate of drug-likeness (QED) is 0.800. The highest BCUT2D eigenvalue weighted by Crippen LogP contribution is 2.30. The lowest BCUT2D eigenvalue weighted by Gasteiger charge is -2.35. The highest BCUT2D eigenvalue weighted by atomic mass is 79.9. The van der Waals surface area contributed by atoms with Gasteiger partial charge in [0.2, 0.25) is 0 Å². The average molecular weight is 391 g/mol. The monoisotopic (exact) mass is 390 g/mol. The molecular weight excluding hydrogens is 368 g/mol. The zero-order valence-corrected chi connectivity index (χ0v) is 16.0. The van der Waals surface area contributed by atoms with Crippen molar-refractivity contribution in [2.75, 3.05) is 0 Å². The van der Waals surface area contributed by atoms with Crippen LogP contribution in [0.5, 0.6) is 0 Å². The topological polar surface area (TPSA) is 51.0 Å². The van der Waals surface area contributed by atoms with E-state index in [4.69, 9.17) is 0 Å². The van der Waals surface area contributed by atoms with Gasteiger partial charge in [-0.3, -0.25) is 4.79 Å². The summed E-state index contributed by atoms with van der Waals surface area (Å²) in [5.41, 5.74) is 3.98. The molecule has 0 saturated heterocycles. The van der Waals surface area contributed by atoms with Crippen LogP contribution < -0.4 is 0 Å². The Labute approximate surface area is 151 Å². The van der Waals surface area contributed by atoms with Gasteiger partial charge in [0.05, 0.1) is 5.69 Å². The molecule has 1 amide bonds. The second-order valence-corrected chi connectivity index (χ2v) is 7.17. The second-order valence-electron chi connectivity index (χ2n) is 6.31. The molecule has 0 spiro atoms. The van der Waals surface area contributed by atoms with E-state index in [0.29, 0.717) is 12.2 Å². The molecule has 0 fully saturated rings. The van der Waals surface area contributed by atoms with Crippen LogP contribution in [0.3, 0.4) is 0 Å². The number of fused-ring (bicyclic) bond motifs is 1. The molecule has 0 saturated carbocycles. The van der Waals surface area contributed by atoms with Gasteiger partial charge in [0.15, 0.2) is 5.69 Å². The van der Waals surface area contributed by atoms with Crippen molar-refractivity contribution in [2.24, 2.45) is 0 Å². The molecule has 6 heteroatoms. The third-order valence-corrected chi connectivity index (χ3v) is 5.42. The first kappa shape index (κ1) is 17.1. The van der Waals surface area contributed by atoms with Crippen molar-refractivity contribution in [3.8, 4) is 0 Å². The predicted octanol–water partition coefficient (Wildman–Crippen LogP) is 3.60. The molecule has 128 valence electrons. The fourth-order valence-electron chi connectivity index (χ4n) is 3.37. The molecule has 3 rings (SSSR count). The maximum Gasteiger partial charge on any atom is 0.276 e. The van der Waals surface area contributed by atoms with Gasteiger partial charge >= 0.3 is 0 Å². The Morgan fingerprint density at radius 1 is 1.38 bits per heavy atom. The number of amides is 1. The standard InChI is InChI=1S/C18H23BrN4O/c1-4-7-16-17(20-21-23(16)5-2)18(24)22-11-14-13(10-12(22)3)8-6-9-15(14)19/h6,8-9,12H,4-5,7,10-11H2,1-3H3.